The Hall–Kier alpha value is -2.77. The fraction of sp³-hybridized carbons (Fsp3) is 0.375. The van der Waals surface area contributed by atoms with E-state index in [2.05, 4.69) is 0 Å². The molecule has 0 aromatic heterocycles. The van der Waals surface area contributed by atoms with Crippen molar-refractivity contribution in [2.24, 2.45) is 0 Å². The first-order chi connectivity index (χ1) is 11.3. The van der Waals surface area contributed by atoms with Crippen LogP contribution in [-0.4, -0.2) is 58.6 Å². The Morgan fingerprint density at radius 2 is 1.67 bits per heavy atom. The molecule has 1 aliphatic heterocycles. The molecule has 24 heavy (non-hydrogen) atoms. The van der Waals surface area contributed by atoms with Gasteiger partial charge in [-0.25, -0.2) is 14.1 Å². The van der Waals surface area contributed by atoms with Crippen molar-refractivity contribution >= 4 is 23.8 Å². The number of hydrogen-bond donors (Lipinski definition) is 0. The van der Waals surface area contributed by atoms with Crippen LogP contribution in [0, 0.1) is 5.82 Å². The fourth-order valence-corrected chi connectivity index (χ4v) is 2.40. The van der Waals surface area contributed by atoms with Crippen molar-refractivity contribution in [1.29, 1.82) is 0 Å². The van der Waals surface area contributed by atoms with Gasteiger partial charge in [-0.15, -0.1) is 0 Å². The minimum Gasteiger partial charge on any atom is -0.337 e. The van der Waals surface area contributed by atoms with Crippen molar-refractivity contribution in [3.8, 4) is 0 Å². The third-order valence-corrected chi connectivity index (χ3v) is 4.07. The number of urea groups is 1. The average molecular weight is 335 g/mol. The highest BCUT2D eigenvalue weighted by atomic mass is 19.1. The Bertz CT molecular complexity index is 689. The number of imide groups is 2. The molecule has 128 valence electrons. The molecule has 0 radical (unpaired) electrons. The average Bonchev–Trinajstić information content (AvgIpc) is 2.77. The number of benzene rings is 1. The van der Waals surface area contributed by atoms with Crippen LogP contribution in [0.3, 0.4) is 0 Å². The van der Waals surface area contributed by atoms with Gasteiger partial charge in [-0.3, -0.25) is 19.3 Å². The van der Waals surface area contributed by atoms with Crippen LogP contribution in [0.15, 0.2) is 24.3 Å². The van der Waals surface area contributed by atoms with Crippen LogP contribution < -0.4 is 0 Å². The van der Waals surface area contributed by atoms with E-state index in [4.69, 9.17) is 0 Å². The van der Waals surface area contributed by atoms with E-state index in [0.717, 1.165) is 4.90 Å². The van der Waals surface area contributed by atoms with E-state index in [1.165, 1.54) is 24.1 Å². The second-order valence-corrected chi connectivity index (χ2v) is 5.46. The molecule has 1 fully saturated rings. The highest BCUT2D eigenvalue weighted by Crippen LogP contribution is 2.20. The van der Waals surface area contributed by atoms with E-state index < -0.39 is 30.3 Å². The molecule has 5 amide bonds. The van der Waals surface area contributed by atoms with E-state index in [1.54, 1.807) is 26.0 Å². The largest absolute Gasteiger partial charge is 0.337 e. The molecule has 1 aromatic carbocycles. The Kier molecular flexibility index (Phi) is 4.96. The summed E-state index contributed by atoms with van der Waals surface area (Å²) in [5, 5.41) is 0. The van der Waals surface area contributed by atoms with Gasteiger partial charge in [0.1, 0.15) is 12.4 Å². The number of hydrogen-bond acceptors (Lipinski definition) is 4. The molecule has 1 aromatic rings. The zero-order chi connectivity index (χ0) is 18.0. The van der Waals surface area contributed by atoms with Gasteiger partial charge in [0, 0.05) is 13.6 Å². The molecule has 7 nitrogen and oxygen atoms in total. The molecule has 1 heterocycles. The number of carbonyl (C=O) groups is 4. The van der Waals surface area contributed by atoms with Crippen LogP contribution >= 0.6 is 0 Å². The van der Waals surface area contributed by atoms with Gasteiger partial charge in [0.05, 0.1) is 6.04 Å². The summed E-state index contributed by atoms with van der Waals surface area (Å²) in [6.07, 6.45) is 0. The van der Waals surface area contributed by atoms with Crippen molar-refractivity contribution in [1.82, 2.24) is 14.7 Å². The lowest BCUT2D eigenvalue weighted by molar-refractivity contribution is -0.145. The quantitative estimate of drug-likeness (QED) is 0.597. The molecule has 1 saturated heterocycles. The maximum atomic E-state index is 13.0. The van der Waals surface area contributed by atoms with Gasteiger partial charge in [-0.05, 0) is 31.5 Å². The van der Waals surface area contributed by atoms with Gasteiger partial charge in [0.15, 0.2) is 0 Å². The topological polar surface area (TPSA) is 78.0 Å². The van der Waals surface area contributed by atoms with Gasteiger partial charge >= 0.3 is 17.8 Å². The first-order valence-electron chi connectivity index (χ1n) is 7.46. The van der Waals surface area contributed by atoms with Crippen molar-refractivity contribution in [2.45, 2.75) is 19.9 Å². The number of likely N-dealkylation sites (N-methyl/N-ethyl adjacent to an activating group) is 2. The number of carbonyl (C=O) groups excluding carboxylic acids is 4. The highest BCUT2D eigenvalue weighted by molar-refractivity contribution is 6.45. The lowest BCUT2D eigenvalue weighted by atomic mass is 10.1. The molecule has 1 atom stereocenters. The van der Waals surface area contributed by atoms with Crippen molar-refractivity contribution in [2.75, 3.05) is 20.1 Å². The summed E-state index contributed by atoms with van der Waals surface area (Å²) in [7, 11) is 1.51. The van der Waals surface area contributed by atoms with Crippen molar-refractivity contribution in [3.63, 3.8) is 0 Å². The minimum absolute atomic E-state index is 0.0654. The molecule has 8 heteroatoms. The number of halogens is 1. The van der Waals surface area contributed by atoms with E-state index >= 15 is 0 Å². The van der Waals surface area contributed by atoms with Gasteiger partial charge < -0.3 is 4.90 Å². The Morgan fingerprint density at radius 1 is 1.12 bits per heavy atom. The lowest BCUT2D eigenvalue weighted by Crippen LogP contribution is -2.42. The molecule has 0 aliphatic carbocycles. The Morgan fingerprint density at radius 3 is 2.17 bits per heavy atom. The summed E-state index contributed by atoms with van der Waals surface area (Å²) < 4.78 is 13.0. The molecule has 0 spiro atoms. The van der Waals surface area contributed by atoms with Crippen molar-refractivity contribution < 1.29 is 23.6 Å². The molecule has 0 N–H and O–H groups in total. The summed E-state index contributed by atoms with van der Waals surface area (Å²) >= 11 is 0. The second kappa shape index (κ2) is 6.77. The smallest absolute Gasteiger partial charge is 0.334 e. The third-order valence-electron chi connectivity index (χ3n) is 4.07. The molecular formula is C16H18FN3O4. The van der Waals surface area contributed by atoms with Gasteiger partial charge in [0.2, 0.25) is 5.91 Å². The molecule has 1 aliphatic rings. The zero-order valence-electron chi connectivity index (χ0n) is 13.7. The molecular weight excluding hydrogens is 317 g/mol. The predicted molar refractivity (Wildman–Crippen MR) is 82.1 cm³/mol. The number of nitrogens with zero attached hydrogens (tertiary/aromatic N) is 3. The summed E-state index contributed by atoms with van der Waals surface area (Å²) in [5.41, 5.74) is 0.706. The van der Waals surface area contributed by atoms with E-state index in [1.807, 2.05) is 0 Å². The van der Waals surface area contributed by atoms with Gasteiger partial charge in [0.25, 0.3) is 0 Å². The molecule has 0 saturated carbocycles. The van der Waals surface area contributed by atoms with Crippen LogP contribution in [0.2, 0.25) is 0 Å². The van der Waals surface area contributed by atoms with E-state index in [9.17, 15) is 23.6 Å². The normalized spacial score (nSPS) is 15.9. The van der Waals surface area contributed by atoms with Crippen LogP contribution in [0.4, 0.5) is 9.18 Å². The standard InChI is InChI=1S/C16H18FN3O4/c1-4-19-14(22)15(23)20(16(19)24)9-13(21)18(3)10(2)11-5-7-12(17)8-6-11/h5-8,10H,4,9H2,1-3H3. The molecule has 2 rings (SSSR count). The summed E-state index contributed by atoms with van der Waals surface area (Å²) in [4.78, 5) is 50.6. The first kappa shape index (κ1) is 17.6. The zero-order valence-corrected chi connectivity index (χ0v) is 13.7. The number of amides is 5. The second-order valence-electron chi connectivity index (χ2n) is 5.46. The van der Waals surface area contributed by atoms with Crippen LogP contribution in [0.1, 0.15) is 25.5 Å². The SMILES string of the molecule is CCN1C(=O)C(=O)N(CC(=O)N(C)C(C)c2ccc(F)cc2)C1=O. The van der Waals surface area contributed by atoms with Crippen LogP contribution in [0.5, 0.6) is 0 Å². The number of rotatable bonds is 5. The Labute approximate surface area is 138 Å². The Balaban J connectivity index is 2.09. The van der Waals surface area contributed by atoms with E-state index in [0.29, 0.717) is 10.5 Å². The monoisotopic (exact) mass is 335 g/mol. The maximum Gasteiger partial charge on any atom is 0.334 e. The van der Waals surface area contributed by atoms with Crippen molar-refractivity contribution in [3.05, 3.63) is 35.6 Å². The van der Waals surface area contributed by atoms with E-state index in [-0.39, 0.29) is 18.4 Å². The molecule has 0 bridgehead atoms. The lowest BCUT2D eigenvalue weighted by Gasteiger charge is -2.26. The summed E-state index contributed by atoms with van der Waals surface area (Å²) in [6, 6.07) is 4.51. The summed E-state index contributed by atoms with van der Waals surface area (Å²) in [5.74, 6) is -2.81. The maximum absolute atomic E-state index is 13.0. The van der Waals surface area contributed by atoms with Crippen LogP contribution in [0.25, 0.3) is 0 Å². The van der Waals surface area contributed by atoms with Gasteiger partial charge in [-0.1, -0.05) is 12.1 Å². The first-order valence-corrected chi connectivity index (χ1v) is 7.46. The summed E-state index contributed by atoms with van der Waals surface area (Å²) in [6.45, 7) is 2.86. The highest BCUT2D eigenvalue weighted by Gasteiger charge is 2.44. The minimum atomic E-state index is -1.00. The predicted octanol–water partition coefficient (Wildman–Crippen LogP) is 1.16. The van der Waals surface area contributed by atoms with Gasteiger partial charge in [-0.2, -0.15) is 0 Å². The fourth-order valence-electron chi connectivity index (χ4n) is 2.40. The molecule has 1 unspecified atom stereocenters. The van der Waals surface area contributed by atoms with Crippen LogP contribution in [-0.2, 0) is 14.4 Å². The third kappa shape index (κ3) is 3.12.